The van der Waals surface area contributed by atoms with Gasteiger partial charge in [0, 0.05) is 12.1 Å². The predicted molar refractivity (Wildman–Crippen MR) is 66.0 cm³/mol. The normalized spacial score (nSPS) is 33.6. The van der Waals surface area contributed by atoms with E-state index in [9.17, 15) is 4.79 Å². The Hall–Kier alpha value is -0.790. The van der Waals surface area contributed by atoms with Crippen LogP contribution in [0.25, 0.3) is 0 Å². The highest BCUT2D eigenvalue weighted by atomic mass is 16.1. The standard InChI is InChI=1S/C14H23NO/c1-9(2)6-14(16)15-10(3)13-8-11-4-5-12(13)7-11/h6,10-13H,4-5,7-8H2,1-3H3,(H,15,16). The van der Waals surface area contributed by atoms with Crippen LogP contribution in [0.5, 0.6) is 0 Å². The summed E-state index contributed by atoms with van der Waals surface area (Å²) in [5, 5.41) is 3.12. The van der Waals surface area contributed by atoms with Crippen LogP contribution in [-0.2, 0) is 4.79 Å². The Kier molecular flexibility index (Phi) is 3.36. The van der Waals surface area contributed by atoms with Gasteiger partial charge in [0.15, 0.2) is 0 Å². The Morgan fingerprint density at radius 1 is 1.31 bits per heavy atom. The van der Waals surface area contributed by atoms with E-state index in [4.69, 9.17) is 0 Å². The fraction of sp³-hybridized carbons (Fsp3) is 0.786. The molecule has 2 aliphatic rings. The first-order valence-corrected chi connectivity index (χ1v) is 6.51. The first-order valence-electron chi connectivity index (χ1n) is 6.51. The molecule has 2 heteroatoms. The SMILES string of the molecule is CC(C)=CC(=O)NC(C)C1CC2CCC1C2. The van der Waals surface area contributed by atoms with Gasteiger partial charge in [0.2, 0.25) is 5.91 Å². The lowest BCUT2D eigenvalue weighted by atomic mass is 9.84. The average Bonchev–Trinajstić information content (AvgIpc) is 2.76. The monoisotopic (exact) mass is 221 g/mol. The van der Waals surface area contributed by atoms with Crippen LogP contribution >= 0.6 is 0 Å². The molecule has 16 heavy (non-hydrogen) atoms. The van der Waals surface area contributed by atoms with Crippen LogP contribution in [0.1, 0.15) is 46.5 Å². The summed E-state index contributed by atoms with van der Waals surface area (Å²) in [6.07, 6.45) is 7.26. The summed E-state index contributed by atoms with van der Waals surface area (Å²) in [5.41, 5.74) is 1.07. The Bertz CT molecular complexity index is 304. The zero-order chi connectivity index (χ0) is 11.7. The number of rotatable bonds is 3. The Morgan fingerprint density at radius 2 is 2.06 bits per heavy atom. The molecule has 0 aromatic heterocycles. The lowest BCUT2D eigenvalue weighted by Crippen LogP contribution is -2.39. The van der Waals surface area contributed by atoms with Crippen molar-refractivity contribution < 1.29 is 4.79 Å². The average molecular weight is 221 g/mol. The molecule has 1 N–H and O–H groups in total. The minimum atomic E-state index is 0.0790. The van der Waals surface area contributed by atoms with E-state index in [0.717, 1.165) is 23.3 Å². The van der Waals surface area contributed by atoms with Gasteiger partial charge in [-0.25, -0.2) is 0 Å². The smallest absolute Gasteiger partial charge is 0.244 e. The molecule has 2 saturated carbocycles. The summed E-state index contributed by atoms with van der Waals surface area (Å²) >= 11 is 0. The molecule has 0 aliphatic heterocycles. The molecule has 0 aromatic rings. The Balaban J connectivity index is 1.86. The highest BCUT2D eigenvalue weighted by Crippen LogP contribution is 2.49. The summed E-state index contributed by atoms with van der Waals surface area (Å²) < 4.78 is 0. The van der Waals surface area contributed by atoms with E-state index in [0.29, 0.717) is 6.04 Å². The van der Waals surface area contributed by atoms with Crippen molar-refractivity contribution in [1.29, 1.82) is 0 Å². The van der Waals surface area contributed by atoms with Crippen molar-refractivity contribution in [1.82, 2.24) is 5.32 Å². The van der Waals surface area contributed by atoms with Crippen molar-refractivity contribution in [2.24, 2.45) is 17.8 Å². The minimum Gasteiger partial charge on any atom is -0.350 e. The molecule has 2 nitrogen and oxygen atoms in total. The second-order valence-corrected chi connectivity index (χ2v) is 5.86. The molecule has 0 radical (unpaired) electrons. The van der Waals surface area contributed by atoms with E-state index in [1.807, 2.05) is 13.8 Å². The molecular formula is C14H23NO. The van der Waals surface area contributed by atoms with Crippen molar-refractivity contribution in [3.05, 3.63) is 11.6 Å². The second kappa shape index (κ2) is 4.60. The number of amides is 1. The predicted octanol–water partition coefficient (Wildman–Crippen LogP) is 2.89. The van der Waals surface area contributed by atoms with Gasteiger partial charge in [0.1, 0.15) is 0 Å². The van der Waals surface area contributed by atoms with E-state index in [-0.39, 0.29) is 5.91 Å². The van der Waals surface area contributed by atoms with Crippen LogP contribution < -0.4 is 5.32 Å². The third-order valence-corrected chi connectivity index (χ3v) is 4.22. The van der Waals surface area contributed by atoms with E-state index < -0.39 is 0 Å². The number of hydrogen-bond acceptors (Lipinski definition) is 1. The topological polar surface area (TPSA) is 29.1 Å². The molecule has 2 aliphatic carbocycles. The molecule has 0 saturated heterocycles. The van der Waals surface area contributed by atoms with Gasteiger partial charge < -0.3 is 5.32 Å². The molecule has 4 atom stereocenters. The van der Waals surface area contributed by atoms with Crippen LogP contribution in [0, 0.1) is 17.8 Å². The van der Waals surface area contributed by atoms with Crippen molar-refractivity contribution in [2.75, 3.05) is 0 Å². The maximum Gasteiger partial charge on any atom is 0.244 e. The lowest BCUT2D eigenvalue weighted by molar-refractivity contribution is -0.117. The van der Waals surface area contributed by atoms with Crippen molar-refractivity contribution >= 4 is 5.91 Å². The summed E-state index contributed by atoms with van der Waals surface area (Å²) in [4.78, 5) is 11.6. The zero-order valence-electron chi connectivity index (χ0n) is 10.6. The van der Waals surface area contributed by atoms with Crippen LogP contribution in [0.15, 0.2) is 11.6 Å². The fourth-order valence-electron chi connectivity index (χ4n) is 3.54. The van der Waals surface area contributed by atoms with E-state index in [2.05, 4.69) is 12.2 Å². The van der Waals surface area contributed by atoms with Gasteiger partial charge in [-0.2, -0.15) is 0 Å². The Morgan fingerprint density at radius 3 is 2.56 bits per heavy atom. The van der Waals surface area contributed by atoms with Gasteiger partial charge in [-0.15, -0.1) is 0 Å². The molecule has 90 valence electrons. The highest BCUT2D eigenvalue weighted by Gasteiger charge is 2.41. The Labute approximate surface area is 98.5 Å². The molecule has 2 bridgehead atoms. The van der Waals surface area contributed by atoms with E-state index >= 15 is 0 Å². The third-order valence-electron chi connectivity index (χ3n) is 4.22. The number of allylic oxidation sites excluding steroid dienone is 1. The minimum absolute atomic E-state index is 0.0790. The van der Waals surface area contributed by atoms with Crippen LogP contribution in [0.2, 0.25) is 0 Å². The summed E-state index contributed by atoms with van der Waals surface area (Å²) in [6, 6.07) is 0.346. The number of carbonyl (C=O) groups excluding carboxylic acids is 1. The van der Waals surface area contributed by atoms with Gasteiger partial charge in [-0.3, -0.25) is 4.79 Å². The molecule has 2 rings (SSSR count). The lowest BCUT2D eigenvalue weighted by Gasteiger charge is -2.28. The molecule has 0 aromatic carbocycles. The first kappa shape index (κ1) is 11.7. The molecule has 2 fully saturated rings. The maximum atomic E-state index is 11.6. The number of hydrogen-bond donors (Lipinski definition) is 1. The van der Waals surface area contributed by atoms with Gasteiger partial charge in [-0.05, 0) is 57.8 Å². The van der Waals surface area contributed by atoms with Gasteiger partial charge in [0.05, 0.1) is 0 Å². The summed E-state index contributed by atoms with van der Waals surface area (Å²) in [6.45, 7) is 6.09. The van der Waals surface area contributed by atoms with Crippen LogP contribution in [-0.4, -0.2) is 11.9 Å². The van der Waals surface area contributed by atoms with Crippen molar-refractivity contribution in [3.8, 4) is 0 Å². The summed E-state index contributed by atoms with van der Waals surface area (Å²) in [7, 11) is 0. The molecule has 1 amide bonds. The van der Waals surface area contributed by atoms with E-state index in [1.54, 1.807) is 6.08 Å². The number of fused-ring (bicyclic) bond motifs is 2. The second-order valence-electron chi connectivity index (χ2n) is 5.86. The highest BCUT2D eigenvalue weighted by molar-refractivity contribution is 5.88. The van der Waals surface area contributed by atoms with Crippen molar-refractivity contribution in [2.45, 2.75) is 52.5 Å². The molecular weight excluding hydrogens is 198 g/mol. The van der Waals surface area contributed by atoms with E-state index in [1.165, 1.54) is 25.7 Å². The third kappa shape index (κ3) is 2.47. The largest absolute Gasteiger partial charge is 0.350 e. The molecule has 4 unspecified atom stereocenters. The molecule has 0 heterocycles. The number of carbonyl (C=O) groups is 1. The first-order chi connectivity index (χ1) is 7.56. The molecule has 0 spiro atoms. The van der Waals surface area contributed by atoms with Gasteiger partial charge in [-0.1, -0.05) is 12.0 Å². The fourth-order valence-corrected chi connectivity index (χ4v) is 3.54. The zero-order valence-corrected chi connectivity index (χ0v) is 10.6. The van der Waals surface area contributed by atoms with Gasteiger partial charge in [0.25, 0.3) is 0 Å². The number of nitrogens with one attached hydrogen (secondary N) is 1. The van der Waals surface area contributed by atoms with Crippen LogP contribution in [0.4, 0.5) is 0 Å². The maximum absolute atomic E-state index is 11.6. The van der Waals surface area contributed by atoms with Crippen LogP contribution in [0.3, 0.4) is 0 Å². The van der Waals surface area contributed by atoms with Crippen molar-refractivity contribution in [3.63, 3.8) is 0 Å². The quantitative estimate of drug-likeness (QED) is 0.729. The summed E-state index contributed by atoms with van der Waals surface area (Å²) in [5.74, 6) is 2.65. The van der Waals surface area contributed by atoms with Gasteiger partial charge >= 0.3 is 0 Å².